The highest BCUT2D eigenvalue weighted by Crippen LogP contribution is 2.25. The van der Waals surface area contributed by atoms with Crippen LogP contribution >= 0.6 is 0 Å². The third kappa shape index (κ3) is 3.45. The first kappa shape index (κ1) is 14.3. The number of carboxylic acids is 1. The van der Waals surface area contributed by atoms with Crippen LogP contribution < -0.4 is 0 Å². The number of carbonyl (C=O) groups excluding carboxylic acids is 1. The van der Waals surface area contributed by atoms with Crippen molar-refractivity contribution in [2.75, 3.05) is 32.9 Å². The van der Waals surface area contributed by atoms with Crippen LogP contribution in [0.3, 0.4) is 0 Å². The first-order chi connectivity index (χ1) is 9.09. The van der Waals surface area contributed by atoms with Gasteiger partial charge in [-0.15, -0.1) is 0 Å². The van der Waals surface area contributed by atoms with Gasteiger partial charge in [0.15, 0.2) is 6.10 Å². The van der Waals surface area contributed by atoms with Crippen LogP contribution in [0.2, 0.25) is 0 Å². The molecule has 108 valence electrons. The fourth-order valence-corrected chi connectivity index (χ4v) is 2.70. The van der Waals surface area contributed by atoms with Gasteiger partial charge < -0.3 is 19.5 Å². The number of aliphatic carboxylic acids is 1. The molecule has 1 N–H and O–H groups in total. The highest BCUT2D eigenvalue weighted by molar-refractivity contribution is 5.80. The quantitative estimate of drug-likeness (QED) is 0.802. The summed E-state index contributed by atoms with van der Waals surface area (Å²) < 4.78 is 10.4. The predicted molar refractivity (Wildman–Crippen MR) is 66.7 cm³/mol. The van der Waals surface area contributed by atoms with E-state index in [4.69, 9.17) is 14.6 Å². The molecule has 1 amide bonds. The molecule has 0 aliphatic carbocycles. The van der Waals surface area contributed by atoms with Gasteiger partial charge in [0, 0.05) is 25.7 Å². The monoisotopic (exact) mass is 271 g/mol. The molecule has 2 saturated heterocycles. The summed E-state index contributed by atoms with van der Waals surface area (Å²) in [7, 11) is 0. The van der Waals surface area contributed by atoms with Crippen LogP contribution in [0.1, 0.15) is 19.8 Å². The van der Waals surface area contributed by atoms with E-state index >= 15 is 0 Å². The van der Waals surface area contributed by atoms with Crippen LogP contribution in [0.5, 0.6) is 0 Å². The van der Waals surface area contributed by atoms with Gasteiger partial charge in [0.25, 0.3) is 0 Å². The Morgan fingerprint density at radius 1 is 1.26 bits per heavy atom. The number of amides is 1. The highest BCUT2D eigenvalue weighted by Gasteiger charge is 2.34. The maximum absolute atomic E-state index is 12.4. The summed E-state index contributed by atoms with van der Waals surface area (Å²) in [5.74, 6) is -0.693. The summed E-state index contributed by atoms with van der Waals surface area (Å²) >= 11 is 0. The van der Waals surface area contributed by atoms with E-state index in [-0.39, 0.29) is 18.4 Å². The molecule has 2 fully saturated rings. The Kier molecular flexibility index (Phi) is 4.76. The standard InChI is InChI=1S/C13H21NO5/c1-9(10-2-5-18-6-3-10)12(15)14-4-7-19-11(8-14)13(16)17/h9-11H,2-8H2,1H3,(H,16,17). The van der Waals surface area contributed by atoms with Crippen molar-refractivity contribution in [1.29, 1.82) is 0 Å². The fourth-order valence-electron chi connectivity index (χ4n) is 2.70. The van der Waals surface area contributed by atoms with E-state index in [9.17, 15) is 9.59 Å². The third-order valence-corrected chi connectivity index (χ3v) is 4.02. The molecule has 6 heteroatoms. The van der Waals surface area contributed by atoms with Gasteiger partial charge >= 0.3 is 5.97 Å². The molecule has 2 heterocycles. The van der Waals surface area contributed by atoms with E-state index < -0.39 is 12.1 Å². The minimum atomic E-state index is -1.00. The summed E-state index contributed by atoms with van der Waals surface area (Å²) in [5.41, 5.74) is 0. The lowest BCUT2D eigenvalue weighted by Gasteiger charge is -2.35. The second kappa shape index (κ2) is 6.34. The molecule has 2 atom stereocenters. The SMILES string of the molecule is CC(C(=O)N1CCOC(C(=O)O)C1)C1CCOCC1. The molecule has 0 saturated carbocycles. The highest BCUT2D eigenvalue weighted by atomic mass is 16.5. The Balaban J connectivity index is 1.92. The molecule has 0 bridgehead atoms. The molecule has 6 nitrogen and oxygen atoms in total. The summed E-state index contributed by atoms with van der Waals surface area (Å²) in [4.78, 5) is 24.9. The molecule has 2 unspecified atom stereocenters. The average Bonchev–Trinajstić information content (AvgIpc) is 2.46. The molecule has 0 aromatic carbocycles. The molecule has 0 aromatic rings. The van der Waals surface area contributed by atoms with E-state index in [1.807, 2.05) is 6.92 Å². The molecule has 2 rings (SSSR count). The van der Waals surface area contributed by atoms with Gasteiger partial charge in [0.05, 0.1) is 13.2 Å². The zero-order valence-electron chi connectivity index (χ0n) is 11.2. The van der Waals surface area contributed by atoms with E-state index in [0.717, 1.165) is 12.8 Å². The van der Waals surface area contributed by atoms with Crippen LogP contribution in [0.4, 0.5) is 0 Å². The van der Waals surface area contributed by atoms with Crippen LogP contribution in [0, 0.1) is 11.8 Å². The van der Waals surface area contributed by atoms with Gasteiger partial charge in [0.1, 0.15) is 0 Å². The van der Waals surface area contributed by atoms with Gasteiger partial charge in [-0.3, -0.25) is 4.79 Å². The lowest BCUT2D eigenvalue weighted by molar-refractivity contribution is -0.161. The van der Waals surface area contributed by atoms with Crippen molar-refractivity contribution >= 4 is 11.9 Å². The largest absolute Gasteiger partial charge is 0.479 e. The van der Waals surface area contributed by atoms with Crippen LogP contribution in [0.15, 0.2) is 0 Å². The number of ether oxygens (including phenoxy) is 2. The van der Waals surface area contributed by atoms with Gasteiger partial charge in [-0.1, -0.05) is 6.92 Å². The van der Waals surface area contributed by atoms with Crippen molar-refractivity contribution in [3.63, 3.8) is 0 Å². The minimum Gasteiger partial charge on any atom is -0.479 e. The molecule has 0 aromatic heterocycles. The summed E-state index contributed by atoms with van der Waals surface area (Å²) in [6.07, 6.45) is 0.916. The van der Waals surface area contributed by atoms with Gasteiger partial charge in [-0.2, -0.15) is 0 Å². The fraction of sp³-hybridized carbons (Fsp3) is 0.846. The average molecular weight is 271 g/mol. The Hall–Kier alpha value is -1.14. The third-order valence-electron chi connectivity index (χ3n) is 4.02. The number of carboxylic acid groups (broad SMARTS) is 1. The topological polar surface area (TPSA) is 76.1 Å². The van der Waals surface area contributed by atoms with E-state index in [2.05, 4.69) is 0 Å². The lowest BCUT2D eigenvalue weighted by Crippen LogP contribution is -2.51. The molecular weight excluding hydrogens is 250 g/mol. The Labute approximate surface area is 112 Å². The molecule has 2 aliphatic heterocycles. The number of hydrogen-bond donors (Lipinski definition) is 1. The second-order valence-electron chi connectivity index (χ2n) is 5.22. The minimum absolute atomic E-state index is 0.0430. The number of morpholine rings is 1. The van der Waals surface area contributed by atoms with Crippen LogP contribution in [-0.2, 0) is 19.1 Å². The number of carbonyl (C=O) groups is 2. The molecule has 0 radical (unpaired) electrons. The Morgan fingerprint density at radius 2 is 1.95 bits per heavy atom. The maximum Gasteiger partial charge on any atom is 0.334 e. The van der Waals surface area contributed by atoms with Crippen LogP contribution in [0.25, 0.3) is 0 Å². The Bertz CT molecular complexity index is 340. The first-order valence-corrected chi connectivity index (χ1v) is 6.80. The van der Waals surface area contributed by atoms with Crippen molar-refractivity contribution in [2.24, 2.45) is 11.8 Å². The number of rotatable bonds is 3. The zero-order chi connectivity index (χ0) is 13.8. The summed E-state index contributed by atoms with van der Waals surface area (Å²) in [6, 6.07) is 0. The molecule has 19 heavy (non-hydrogen) atoms. The second-order valence-corrected chi connectivity index (χ2v) is 5.22. The number of nitrogens with zero attached hydrogens (tertiary/aromatic N) is 1. The van der Waals surface area contributed by atoms with Crippen molar-refractivity contribution < 1.29 is 24.2 Å². The van der Waals surface area contributed by atoms with Gasteiger partial charge in [0.2, 0.25) is 5.91 Å². The smallest absolute Gasteiger partial charge is 0.334 e. The zero-order valence-corrected chi connectivity index (χ0v) is 11.2. The lowest BCUT2D eigenvalue weighted by atomic mass is 9.86. The van der Waals surface area contributed by atoms with Crippen molar-refractivity contribution in [3.8, 4) is 0 Å². The molecule has 0 spiro atoms. The number of hydrogen-bond acceptors (Lipinski definition) is 4. The van der Waals surface area contributed by atoms with Gasteiger partial charge in [-0.25, -0.2) is 4.79 Å². The Morgan fingerprint density at radius 3 is 2.58 bits per heavy atom. The van der Waals surface area contributed by atoms with Crippen LogP contribution in [-0.4, -0.2) is 60.9 Å². The van der Waals surface area contributed by atoms with E-state index in [1.165, 1.54) is 0 Å². The summed E-state index contributed by atoms with van der Waals surface area (Å²) in [5, 5.41) is 8.95. The predicted octanol–water partition coefficient (Wildman–Crippen LogP) is 0.361. The molecular formula is C13H21NO5. The normalized spacial score (nSPS) is 27.0. The van der Waals surface area contributed by atoms with E-state index in [1.54, 1.807) is 4.90 Å². The van der Waals surface area contributed by atoms with E-state index in [0.29, 0.717) is 32.3 Å². The van der Waals surface area contributed by atoms with Crippen molar-refractivity contribution in [2.45, 2.75) is 25.9 Å². The van der Waals surface area contributed by atoms with Crippen molar-refractivity contribution in [1.82, 2.24) is 4.90 Å². The molecule has 2 aliphatic rings. The van der Waals surface area contributed by atoms with Gasteiger partial charge in [-0.05, 0) is 18.8 Å². The first-order valence-electron chi connectivity index (χ1n) is 6.80. The summed E-state index contributed by atoms with van der Waals surface area (Å²) in [6.45, 7) is 4.29. The maximum atomic E-state index is 12.4. The van der Waals surface area contributed by atoms with Crippen molar-refractivity contribution in [3.05, 3.63) is 0 Å².